The minimum Gasteiger partial charge on any atom is -0.497 e. The molecule has 148 valence electrons. The van der Waals surface area contributed by atoms with Crippen molar-refractivity contribution in [1.29, 1.82) is 0 Å². The zero-order chi connectivity index (χ0) is 20.3. The first kappa shape index (κ1) is 19.7. The second-order valence-electron chi connectivity index (χ2n) is 6.11. The van der Waals surface area contributed by atoms with E-state index in [-0.39, 0.29) is 17.9 Å². The predicted octanol–water partition coefficient (Wildman–Crippen LogP) is 2.14. The highest BCUT2D eigenvalue weighted by molar-refractivity contribution is 7.93. The molecule has 0 bridgehead atoms. The van der Waals surface area contributed by atoms with E-state index in [0.717, 1.165) is 4.41 Å². The molecule has 0 saturated carbocycles. The lowest BCUT2D eigenvalue weighted by atomic mass is 10.1. The summed E-state index contributed by atoms with van der Waals surface area (Å²) in [7, 11) is -0.937. The van der Waals surface area contributed by atoms with Gasteiger partial charge in [-0.05, 0) is 17.2 Å². The number of carbonyl (C=O) groups is 1. The molecule has 2 N–H and O–H groups in total. The highest BCUT2D eigenvalue weighted by atomic mass is 32.2. The van der Waals surface area contributed by atoms with Crippen molar-refractivity contribution in [3.05, 3.63) is 69.9 Å². The lowest BCUT2D eigenvalue weighted by Crippen LogP contribution is -2.35. The van der Waals surface area contributed by atoms with Gasteiger partial charge in [-0.3, -0.25) is 10.2 Å². The van der Waals surface area contributed by atoms with Crippen LogP contribution in [-0.4, -0.2) is 38.4 Å². The Morgan fingerprint density at radius 2 is 1.82 bits per heavy atom. The van der Waals surface area contributed by atoms with Gasteiger partial charge in [0.05, 0.1) is 20.8 Å². The largest absolute Gasteiger partial charge is 0.497 e. The summed E-state index contributed by atoms with van der Waals surface area (Å²) < 4.78 is 37.2. The van der Waals surface area contributed by atoms with Gasteiger partial charge in [0.25, 0.3) is 10.0 Å². The van der Waals surface area contributed by atoms with Crippen LogP contribution in [-0.2, 0) is 23.0 Å². The summed E-state index contributed by atoms with van der Waals surface area (Å²) in [6.45, 7) is -0.00518. The fourth-order valence-electron chi connectivity index (χ4n) is 2.83. The molecule has 0 spiro atoms. The molecule has 0 atom stereocenters. The second kappa shape index (κ2) is 7.91. The molecule has 0 fully saturated rings. The van der Waals surface area contributed by atoms with E-state index in [0.29, 0.717) is 34.5 Å². The molecule has 0 saturated heterocycles. The Kier molecular flexibility index (Phi) is 5.57. The summed E-state index contributed by atoms with van der Waals surface area (Å²) >= 11 is 0. The summed E-state index contributed by atoms with van der Waals surface area (Å²) in [4.78, 5) is 10.6. The number of allylic oxidation sites excluding steroid dienone is 1. The second-order valence-corrected chi connectivity index (χ2v) is 7.99. The number of hydrogen-bond acceptors (Lipinski definition) is 7. The molecule has 1 aliphatic rings. The molecular formula is C19H20N2O6S. The van der Waals surface area contributed by atoms with Gasteiger partial charge < -0.3 is 14.6 Å². The standard InChI is InChI=1S/C19H20N2O6S/c1-26-16-8-7-15(17(10-16)27-2)9-18-19(23)20-21(28(18,24)25)11-13-3-5-14(12-22)6-4-13/h3-8,10,12,20,23H,9,11H2,1-2H3. The first-order valence-corrected chi connectivity index (χ1v) is 9.79. The van der Waals surface area contributed by atoms with Gasteiger partial charge >= 0.3 is 0 Å². The average molecular weight is 404 g/mol. The molecule has 28 heavy (non-hydrogen) atoms. The third kappa shape index (κ3) is 3.80. The molecule has 0 radical (unpaired) electrons. The summed E-state index contributed by atoms with van der Waals surface area (Å²) in [5.41, 5.74) is 4.25. The van der Waals surface area contributed by atoms with E-state index in [4.69, 9.17) is 9.47 Å². The number of hydrogen-bond donors (Lipinski definition) is 2. The number of nitrogens with zero attached hydrogens (tertiary/aromatic N) is 1. The molecule has 0 unspecified atom stereocenters. The van der Waals surface area contributed by atoms with E-state index in [1.54, 1.807) is 42.5 Å². The van der Waals surface area contributed by atoms with Gasteiger partial charge in [-0.1, -0.05) is 30.3 Å². The lowest BCUT2D eigenvalue weighted by Gasteiger charge is -2.16. The van der Waals surface area contributed by atoms with E-state index in [1.807, 2.05) is 0 Å². The molecule has 0 amide bonds. The Bertz CT molecular complexity index is 1020. The number of hydrazine groups is 1. The van der Waals surface area contributed by atoms with Crippen LogP contribution in [0.25, 0.3) is 0 Å². The number of rotatable bonds is 7. The number of benzene rings is 2. The van der Waals surface area contributed by atoms with E-state index in [1.165, 1.54) is 14.2 Å². The molecular weight excluding hydrogens is 384 g/mol. The number of aliphatic hydroxyl groups is 1. The van der Waals surface area contributed by atoms with Gasteiger partial charge in [0.2, 0.25) is 5.88 Å². The number of nitrogens with one attached hydrogen (secondary N) is 1. The van der Waals surface area contributed by atoms with Crippen LogP contribution in [0.5, 0.6) is 11.5 Å². The Labute approximate surface area is 163 Å². The summed E-state index contributed by atoms with van der Waals surface area (Å²) in [5, 5.41) is 10.2. The molecule has 1 heterocycles. The van der Waals surface area contributed by atoms with Crippen LogP contribution in [0.15, 0.2) is 53.3 Å². The monoisotopic (exact) mass is 404 g/mol. The number of ether oxygens (including phenoxy) is 2. The molecule has 3 rings (SSSR count). The van der Waals surface area contributed by atoms with Crippen molar-refractivity contribution in [3.63, 3.8) is 0 Å². The van der Waals surface area contributed by atoms with E-state index < -0.39 is 15.9 Å². The number of aliphatic hydroxyl groups excluding tert-OH is 1. The lowest BCUT2D eigenvalue weighted by molar-refractivity contribution is 0.112. The van der Waals surface area contributed by atoms with Gasteiger partial charge in [-0.15, -0.1) is 4.41 Å². The average Bonchev–Trinajstić information content (AvgIpc) is 2.91. The van der Waals surface area contributed by atoms with Gasteiger partial charge in [-0.2, -0.15) is 0 Å². The van der Waals surface area contributed by atoms with E-state index in [9.17, 15) is 18.3 Å². The van der Waals surface area contributed by atoms with E-state index in [2.05, 4.69) is 5.43 Å². The zero-order valence-electron chi connectivity index (χ0n) is 15.4. The minimum atomic E-state index is -3.93. The summed E-state index contributed by atoms with van der Waals surface area (Å²) in [6, 6.07) is 11.5. The number of aldehydes is 1. The first-order valence-electron chi connectivity index (χ1n) is 8.35. The van der Waals surface area contributed by atoms with Crippen molar-refractivity contribution in [3.8, 4) is 11.5 Å². The highest BCUT2D eigenvalue weighted by Gasteiger charge is 2.38. The Hall–Kier alpha value is -3.04. The highest BCUT2D eigenvalue weighted by Crippen LogP contribution is 2.31. The smallest absolute Gasteiger partial charge is 0.262 e. The van der Waals surface area contributed by atoms with Crippen molar-refractivity contribution < 1.29 is 27.8 Å². The SMILES string of the molecule is COc1ccc(CC2=C(O)NN(Cc3ccc(C=O)cc3)S2(=O)=O)c(OC)c1. The predicted molar refractivity (Wildman–Crippen MR) is 102 cm³/mol. The quantitative estimate of drug-likeness (QED) is 0.681. The molecule has 9 heteroatoms. The number of methoxy groups -OCH3 is 2. The third-order valence-corrected chi connectivity index (χ3v) is 6.14. The Balaban J connectivity index is 1.83. The topological polar surface area (TPSA) is 105 Å². The first-order chi connectivity index (χ1) is 13.4. The number of carbonyl (C=O) groups excluding carboxylic acids is 1. The Morgan fingerprint density at radius 1 is 1.11 bits per heavy atom. The molecule has 1 aliphatic heterocycles. The minimum absolute atomic E-state index is 0.00518. The van der Waals surface area contributed by atoms with Crippen molar-refractivity contribution in [2.75, 3.05) is 14.2 Å². The van der Waals surface area contributed by atoms with Crippen LogP contribution in [0.1, 0.15) is 21.5 Å². The van der Waals surface area contributed by atoms with Crippen molar-refractivity contribution in [1.82, 2.24) is 9.84 Å². The maximum absolute atomic E-state index is 12.9. The molecule has 8 nitrogen and oxygen atoms in total. The molecule has 0 aliphatic carbocycles. The van der Waals surface area contributed by atoms with Crippen LogP contribution in [0.2, 0.25) is 0 Å². The van der Waals surface area contributed by atoms with Crippen molar-refractivity contribution in [2.24, 2.45) is 0 Å². The molecule has 2 aromatic carbocycles. The fourth-order valence-corrected chi connectivity index (χ4v) is 4.25. The zero-order valence-corrected chi connectivity index (χ0v) is 16.2. The van der Waals surface area contributed by atoms with Gasteiger partial charge in [0.1, 0.15) is 22.7 Å². The van der Waals surface area contributed by atoms with E-state index >= 15 is 0 Å². The van der Waals surface area contributed by atoms with Crippen molar-refractivity contribution in [2.45, 2.75) is 13.0 Å². The number of sulfonamides is 1. The third-order valence-electron chi connectivity index (χ3n) is 4.38. The Morgan fingerprint density at radius 3 is 2.43 bits per heavy atom. The van der Waals surface area contributed by atoms with Gasteiger partial charge in [-0.25, -0.2) is 8.42 Å². The summed E-state index contributed by atoms with van der Waals surface area (Å²) in [5.74, 6) is 0.603. The van der Waals surface area contributed by atoms with Crippen LogP contribution < -0.4 is 14.9 Å². The van der Waals surface area contributed by atoms with Crippen LogP contribution in [0.4, 0.5) is 0 Å². The van der Waals surface area contributed by atoms with Crippen molar-refractivity contribution >= 4 is 16.3 Å². The van der Waals surface area contributed by atoms with Crippen LogP contribution >= 0.6 is 0 Å². The van der Waals surface area contributed by atoms with Crippen LogP contribution in [0.3, 0.4) is 0 Å². The van der Waals surface area contributed by atoms with Gasteiger partial charge in [0.15, 0.2) is 0 Å². The normalized spacial score (nSPS) is 15.9. The fraction of sp³-hybridized carbons (Fsp3) is 0.211. The maximum Gasteiger partial charge on any atom is 0.262 e. The maximum atomic E-state index is 12.9. The molecule has 0 aromatic heterocycles. The van der Waals surface area contributed by atoms with Crippen LogP contribution in [0, 0.1) is 0 Å². The van der Waals surface area contributed by atoms with Gasteiger partial charge in [0, 0.05) is 18.1 Å². The summed E-state index contributed by atoms with van der Waals surface area (Å²) in [6.07, 6.45) is 0.664. The molecule has 2 aromatic rings.